The Balaban J connectivity index is 1.82. The quantitative estimate of drug-likeness (QED) is 0.467. The molecule has 7 atom stereocenters. The van der Waals surface area contributed by atoms with E-state index in [1.807, 2.05) is 32.9 Å². The van der Waals surface area contributed by atoms with Crippen LogP contribution in [-0.4, -0.2) is 68.3 Å². The number of para-hydroxylation sites is 1. The zero-order chi connectivity index (χ0) is 24.2. The number of nitrogens with one attached hydrogen (secondary N) is 2. The van der Waals surface area contributed by atoms with Crippen molar-refractivity contribution >= 4 is 62.7 Å². The largest absolute Gasteiger partial charge is 0.394 e. The van der Waals surface area contributed by atoms with E-state index in [2.05, 4.69) is 26.6 Å². The summed E-state index contributed by atoms with van der Waals surface area (Å²) in [6.07, 6.45) is 0.582. The SMILES string of the molecule is CNC(=O)[C@H]1[C@H]2C(=O)N([C@@H](CO)C(C)C)C(C(=O)Nc3c(C)cccc3Cl)C23CC(Br)[C@@H]1S3. The molecule has 1 aromatic rings. The van der Waals surface area contributed by atoms with Gasteiger partial charge in [0.05, 0.1) is 39.9 Å². The van der Waals surface area contributed by atoms with Crippen molar-refractivity contribution in [2.24, 2.45) is 17.8 Å². The third kappa shape index (κ3) is 3.70. The number of alkyl halides is 1. The van der Waals surface area contributed by atoms with Crippen LogP contribution < -0.4 is 10.6 Å². The Kier molecular flexibility index (Phi) is 6.81. The monoisotopic (exact) mass is 557 g/mol. The number of anilines is 1. The molecule has 3 aliphatic heterocycles. The molecule has 3 unspecified atom stereocenters. The van der Waals surface area contributed by atoms with Crippen LogP contribution in [0, 0.1) is 24.7 Å². The van der Waals surface area contributed by atoms with Crippen LogP contribution in [-0.2, 0) is 14.4 Å². The number of carbonyl (C=O) groups excluding carboxylic acids is 3. The average molecular weight is 559 g/mol. The Morgan fingerprint density at radius 3 is 2.64 bits per heavy atom. The van der Waals surface area contributed by atoms with Crippen molar-refractivity contribution in [2.45, 2.75) is 54.1 Å². The van der Waals surface area contributed by atoms with Crippen LogP contribution in [0.15, 0.2) is 18.2 Å². The fraction of sp³-hybridized carbons (Fsp3) is 0.609. The number of thioether (sulfide) groups is 1. The fourth-order valence-corrected chi connectivity index (χ4v) is 9.66. The smallest absolute Gasteiger partial charge is 0.248 e. The Morgan fingerprint density at radius 2 is 2.06 bits per heavy atom. The standard InChI is InChI=1S/C23H29BrClN3O4S/c1-10(2)14(9-29)28-19(21(31)27-17-11(3)6-5-7-13(17)25)23-8-12(24)18(33-23)15(20(30)26-4)16(23)22(28)32/h5-7,10,12,14-16,18-19,29H,8-9H2,1-4H3,(H,26,30)(H,27,31)/t12?,14-,15-,16-,18-,19?,23?/m0/s1. The maximum absolute atomic E-state index is 13.9. The normalized spacial score (nSPS) is 33.4. The van der Waals surface area contributed by atoms with Crippen LogP contribution in [0.2, 0.25) is 5.02 Å². The molecule has 7 nitrogen and oxygen atoms in total. The third-order valence-electron chi connectivity index (χ3n) is 7.31. The summed E-state index contributed by atoms with van der Waals surface area (Å²) >= 11 is 11.7. The second kappa shape index (κ2) is 9.06. The topological polar surface area (TPSA) is 98.7 Å². The molecular formula is C23H29BrClN3O4S. The van der Waals surface area contributed by atoms with Gasteiger partial charge in [-0.2, -0.15) is 0 Å². The number of hydrogen-bond acceptors (Lipinski definition) is 5. The number of halogens is 2. The number of rotatable bonds is 6. The zero-order valence-corrected chi connectivity index (χ0v) is 22.1. The Hall–Kier alpha value is -1.29. The van der Waals surface area contributed by atoms with Crippen molar-refractivity contribution in [1.29, 1.82) is 0 Å². The second-order valence-electron chi connectivity index (χ2n) is 9.44. The number of fused-ring (bicyclic) bond motifs is 1. The van der Waals surface area contributed by atoms with Gasteiger partial charge in [0.2, 0.25) is 17.7 Å². The molecule has 3 amide bonds. The lowest BCUT2D eigenvalue weighted by molar-refractivity contribution is -0.142. The molecule has 0 radical (unpaired) electrons. The highest BCUT2D eigenvalue weighted by molar-refractivity contribution is 9.09. The van der Waals surface area contributed by atoms with Gasteiger partial charge in [0.25, 0.3) is 0 Å². The Morgan fingerprint density at radius 1 is 1.36 bits per heavy atom. The molecule has 1 spiro atoms. The first kappa shape index (κ1) is 24.8. The minimum Gasteiger partial charge on any atom is -0.394 e. The zero-order valence-electron chi connectivity index (χ0n) is 19.0. The lowest BCUT2D eigenvalue weighted by atomic mass is 9.70. The van der Waals surface area contributed by atoms with Crippen molar-refractivity contribution in [2.75, 3.05) is 19.0 Å². The number of nitrogens with zero attached hydrogens (tertiary/aromatic N) is 1. The minimum absolute atomic E-state index is 0.00206. The van der Waals surface area contributed by atoms with Crippen molar-refractivity contribution in [3.05, 3.63) is 28.8 Å². The van der Waals surface area contributed by atoms with Gasteiger partial charge in [-0.3, -0.25) is 14.4 Å². The molecule has 3 fully saturated rings. The number of aryl methyl sites for hydroxylation is 1. The summed E-state index contributed by atoms with van der Waals surface area (Å²) in [5.74, 6) is -2.01. The van der Waals surface area contributed by atoms with Crippen LogP contribution in [0.1, 0.15) is 25.8 Å². The van der Waals surface area contributed by atoms with Gasteiger partial charge < -0.3 is 20.6 Å². The van der Waals surface area contributed by atoms with Crippen LogP contribution in [0.3, 0.4) is 0 Å². The van der Waals surface area contributed by atoms with E-state index in [1.54, 1.807) is 29.8 Å². The maximum atomic E-state index is 13.9. The van der Waals surface area contributed by atoms with Gasteiger partial charge in [0.15, 0.2) is 0 Å². The van der Waals surface area contributed by atoms with E-state index in [9.17, 15) is 19.5 Å². The van der Waals surface area contributed by atoms with E-state index in [0.29, 0.717) is 17.1 Å². The molecular weight excluding hydrogens is 530 g/mol. The molecule has 0 aromatic heterocycles. The van der Waals surface area contributed by atoms with E-state index in [-0.39, 0.29) is 40.3 Å². The second-order valence-corrected chi connectivity index (χ2v) is 12.6. The van der Waals surface area contributed by atoms with E-state index < -0.39 is 28.7 Å². The Bertz CT molecular complexity index is 974. The van der Waals surface area contributed by atoms with Crippen molar-refractivity contribution < 1.29 is 19.5 Å². The maximum Gasteiger partial charge on any atom is 0.248 e. The van der Waals surface area contributed by atoms with Crippen LogP contribution in [0.25, 0.3) is 0 Å². The van der Waals surface area contributed by atoms with Crippen molar-refractivity contribution in [3.63, 3.8) is 0 Å². The van der Waals surface area contributed by atoms with E-state index in [0.717, 1.165) is 5.56 Å². The van der Waals surface area contributed by atoms with Gasteiger partial charge >= 0.3 is 0 Å². The lowest BCUT2D eigenvalue weighted by Crippen LogP contribution is -2.56. The molecule has 0 aliphatic carbocycles. The molecule has 33 heavy (non-hydrogen) atoms. The summed E-state index contributed by atoms with van der Waals surface area (Å²) in [5, 5.41) is 16.2. The number of benzene rings is 1. The summed E-state index contributed by atoms with van der Waals surface area (Å²) in [7, 11) is 1.57. The highest BCUT2D eigenvalue weighted by Gasteiger charge is 2.76. The lowest BCUT2D eigenvalue weighted by Gasteiger charge is -2.38. The van der Waals surface area contributed by atoms with Crippen molar-refractivity contribution in [1.82, 2.24) is 10.2 Å². The van der Waals surface area contributed by atoms with Gasteiger partial charge in [-0.25, -0.2) is 0 Å². The van der Waals surface area contributed by atoms with Gasteiger partial charge in [-0.15, -0.1) is 11.8 Å². The fourth-order valence-electron chi connectivity index (χ4n) is 5.79. The molecule has 0 saturated carbocycles. The number of hydrogen-bond donors (Lipinski definition) is 3. The molecule has 10 heteroatoms. The number of carbonyl (C=O) groups is 3. The Labute approximate surface area is 211 Å². The molecule has 3 saturated heterocycles. The first-order valence-electron chi connectivity index (χ1n) is 11.1. The van der Waals surface area contributed by atoms with Gasteiger partial charge in [0.1, 0.15) is 6.04 Å². The molecule has 3 heterocycles. The third-order valence-corrected chi connectivity index (χ3v) is 10.8. The predicted octanol–water partition coefficient (Wildman–Crippen LogP) is 2.81. The summed E-state index contributed by atoms with van der Waals surface area (Å²) in [5.41, 5.74) is 1.32. The van der Waals surface area contributed by atoms with E-state index in [1.165, 1.54) is 0 Å². The molecule has 1 aromatic carbocycles. The van der Waals surface area contributed by atoms with Gasteiger partial charge in [-0.05, 0) is 30.9 Å². The van der Waals surface area contributed by atoms with Gasteiger partial charge in [0, 0.05) is 17.1 Å². The predicted molar refractivity (Wildman–Crippen MR) is 134 cm³/mol. The molecule has 4 rings (SSSR count). The van der Waals surface area contributed by atoms with Crippen molar-refractivity contribution in [3.8, 4) is 0 Å². The molecule has 3 N–H and O–H groups in total. The summed E-state index contributed by atoms with van der Waals surface area (Å²) < 4.78 is -0.769. The molecule has 2 bridgehead atoms. The van der Waals surface area contributed by atoms with Gasteiger partial charge in [-0.1, -0.05) is 53.5 Å². The first-order valence-corrected chi connectivity index (χ1v) is 13.3. The van der Waals surface area contributed by atoms with Crippen LogP contribution >= 0.6 is 39.3 Å². The molecule has 3 aliphatic rings. The number of aliphatic hydroxyl groups excluding tert-OH is 1. The number of amides is 3. The minimum atomic E-state index is -0.838. The highest BCUT2D eigenvalue weighted by Crippen LogP contribution is 2.68. The van der Waals surface area contributed by atoms with E-state index >= 15 is 0 Å². The van der Waals surface area contributed by atoms with Crippen LogP contribution in [0.4, 0.5) is 5.69 Å². The summed E-state index contributed by atoms with van der Waals surface area (Å²) in [6, 6.07) is 4.00. The molecule has 180 valence electrons. The van der Waals surface area contributed by atoms with E-state index in [4.69, 9.17) is 11.6 Å². The summed E-state index contributed by atoms with van der Waals surface area (Å²) in [4.78, 5) is 42.3. The summed E-state index contributed by atoms with van der Waals surface area (Å²) in [6.45, 7) is 5.43. The first-order chi connectivity index (χ1) is 15.6. The number of aliphatic hydroxyl groups is 1. The number of likely N-dealkylation sites (tertiary alicyclic amines) is 1. The van der Waals surface area contributed by atoms with Crippen LogP contribution in [0.5, 0.6) is 0 Å². The average Bonchev–Trinajstić information content (AvgIpc) is 3.34. The highest BCUT2D eigenvalue weighted by atomic mass is 79.9.